The van der Waals surface area contributed by atoms with Gasteiger partial charge in [0.1, 0.15) is 6.04 Å². The molecule has 1 fully saturated rings. The lowest BCUT2D eigenvalue weighted by atomic mass is 10.0. The monoisotopic (exact) mass is 302 g/mol. The van der Waals surface area contributed by atoms with Gasteiger partial charge in [-0.05, 0) is 19.9 Å². The highest BCUT2D eigenvalue weighted by atomic mass is 16.5. The molecule has 1 saturated heterocycles. The number of benzene rings is 1. The summed E-state index contributed by atoms with van der Waals surface area (Å²) in [5.74, 6) is -0.183. The molecule has 1 aliphatic heterocycles. The molecule has 3 rings (SSSR count). The van der Waals surface area contributed by atoms with Crippen LogP contribution in [0.25, 0.3) is 10.9 Å². The number of rotatable bonds is 4. The predicted molar refractivity (Wildman–Crippen MR) is 84.8 cm³/mol. The molecule has 1 aliphatic rings. The fourth-order valence-electron chi connectivity index (χ4n) is 3.16. The molecule has 5 heteroatoms. The van der Waals surface area contributed by atoms with Gasteiger partial charge in [-0.1, -0.05) is 18.2 Å². The zero-order valence-corrected chi connectivity index (χ0v) is 13.1. The highest BCUT2D eigenvalue weighted by Crippen LogP contribution is 2.32. The van der Waals surface area contributed by atoms with Crippen LogP contribution in [0.5, 0.6) is 0 Å². The number of hydrogen-bond acceptors (Lipinski definition) is 4. The molecule has 0 amide bonds. The molecule has 1 aromatic heterocycles. The molecule has 118 valence electrons. The summed E-state index contributed by atoms with van der Waals surface area (Å²) >= 11 is 0. The van der Waals surface area contributed by atoms with Gasteiger partial charge in [-0.2, -0.15) is 0 Å². The summed E-state index contributed by atoms with van der Waals surface area (Å²) in [5.41, 5.74) is 3.10. The first-order valence-corrected chi connectivity index (χ1v) is 7.78. The van der Waals surface area contributed by atoms with E-state index in [0.717, 1.165) is 35.2 Å². The summed E-state index contributed by atoms with van der Waals surface area (Å²) in [7, 11) is 0. The first-order chi connectivity index (χ1) is 10.7. The van der Waals surface area contributed by atoms with Gasteiger partial charge in [0.15, 0.2) is 0 Å². The van der Waals surface area contributed by atoms with Crippen LogP contribution >= 0.6 is 0 Å². The minimum atomic E-state index is -0.375. The zero-order valence-electron chi connectivity index (χ0n) is 13.1. The molecule has 1 unspecified atom stereocenters. The number of morpholine rings is 1. The Labute approximate surface area is 130 Å². The minimum Gasteiger partial charge on any atom is -0.465 e. The van der Waals surface area contributed by atoms with Crippen LogP contribution in [0, 0.1) is 6.92 Å². The number of carbonyl (C=O) groups excluding carboxylic acids is 1. The van der Waals surface area contributed by atoms with E-state index < -0.39 is 0 Å². The molecular formula is C17H22N2O3. The second-order valence-electron chi connectivity index (χ2n) is 5.51. The Balaban J connectivity index is 2.06. The van der Waals surface area contributed by atoms with Crippen LogP contribution in [-0.4, -0.2) is 48.8 Å². The molecule has 0 aliphatic carbocycles. The number of para-hydroxylation sites is 1. The van der Waals surface area contributed by atoms with E-state index in [4.69, 9.17) is 9.47 Å². The molecule has 1 atom stereocenters. The van der Waals surface area contributed by atoms with Crippen LogP contribution in [0.2, 0.25) is 0 Å². The van der Waals surface area contributed by atoms with Gasteiger partial charge in [0, 0.05) is 35.2 Å². The summed E-state index contributed by atoms with van der Waals surface area (Å²) in [6, 6.07) is 7.71. The Kier molecular flexibility index (Phi) is 4.45. The normalized spacial score (nSPS) is 17.5. The topological polar surface area (TPSA) is 54.6 Å². The molecule has 5 nitrogen and oxygen atoms in total. The first-order valence-electron chi connectivity index (χ1n) is 7.78. The second-order valence-corrected chi connectivity index (χ2v) is 5.51. The number of nitrogens with zero attached hydrogens (tertiary/aromatic N) is 1. The lowest BCUT2D eigenvalue weighted by Gasteiger charge is -2.33. The fraction of sp³-hybridized carbons (Fsp3) is 0.471. The number of nitrogens with one attached hydrogen (secondary N) is 1. The first kappa shape index (κ1) is 15.1. The predicted octanol–water partition coefficient (Wildman–Crippen LogP) is 2.41. The average Bonchev–Trinajstić information content (AvgIpc) is 2.86. The largest absolute Gasteiger partial charge is 0.465 e. The standard InChI is InChI=1S/C17H22N2O3/c1-3-22-17(20)16(19-8-10-21-11-9-19)15-12(2)18-14-7-5-4-6-13(14)15/h4-7,16,18H,3,8-11H2,1-2H3. The molecule has 0 radical (unpaired) electrons. The van der Waals surface area contributed by atoms with Crippen molar-refractivity contribution >= 4 is 16.9 Å². The van der Waals surface area contributed by atoms with Gasteiger partial charge in [0.05, 0.1) is 19.8 Å². The van der Waals surface area contributed by atoms with E-state index in [1.807, 2.05) is 32.0 Å². The van der Waals surface area contributed by atoms with Crippen molar-refractivity contribution in [2.45, 2.75) is 19.9 Å². The highest BCUT2D eigenvalue weighted by Gasteiger charge is 2.33. The number of carbonyl (C=O) groups is 1. The van der Waals surface area contributed by atoms with Gasteiger partial charge < -0.3 is 14.5 Å². The van der Waals surface area contributed by atoms with Gasteiger partial charge in [0.25, 0.3) is 0 Å². The fourth-order valence-corrected chi connectivity index (χ4v) is 3.16. The smallest absolute Gasteiger partial charge is 0.328 e. The number of hydrogen-bond donors (Lipinski definition) is 1. The Morgan fingerprint density at radius 3 is 2.82 bits per heavy atom. The molecule has 22 heavy (non-hydrogen) atoms. The molecule has 1 N–H and O–H groups in total. The number of esters is 1. The molecule has 0 spiro atoms. The molecule has 2 aromatic rings. The van der Waals surface area contributed by atoms with Crippen LogP contribution in [0.4, 0.5) is 0 Å². The summed E-state index contributed by atoms with van der Waals surface area (Å²) < 4.78 is 10.8. The molecule has 0 saturated carbocycles. The van der Waals surface area contributed by atoms with E-state index in [-0.39, 0.29) is 12.0 Å². The minimum absolute atomic E-state index is 0.183. The third kappa shape index (κ3) is 2.74. The Hall–Kier alpha value is -1.85. The Morgan fingerprint density at radius 2 is 2.09 bits per heavy atom. The lowest BCUT2D eigenvalue weighted by Crippen LogP contribution is -2.43. The number of aromatic amines is 1. The Morgan fingerprint density at radius 1 is 1.36 bits per heavy atom. The molecule has 1 aromatic carbocycles. The molecule has 2 heterocycles. The van der Waals surface area contributed by atoms with E-state index in [1.165, 1.54) is 0 Å². The van der Waals surface area contributed by atoms with Crippen molar-refractivity contribution in [2.75, 3.05) is 32.9 Å². The maximum absolute atomic E-state index is 12.6. The second kappa shape index (κ2) is 6.50. The summed E-state index contributed by atoms with van der Waals surface area (Å²) in [5, 5.41) is 1.09. The maximum atomic E-state index is 12.6. The number of aryl methyl sites for hydroxylation is 1. The van der Waals surface area contributed by atoms with Crippen molar-refractivity contribution in [1.82, 2.24) is 9.88 Å². The molecular weight excluding hydrogens is 280 g/mol. The van der Waals surface area contributed by atoms with Crippen molar-refractivity contribution in [3.05, 3.63) is 35.5 Å². The van der Waals surface area contributed by atoms with Crippen molar-refractivity contribution in [3.8, 4) is 0 Å². The Bertz CT molecular complexity index is 659. The lowest BCUT2D eigenvalue weighted by molar-refractivity contribution is -0.151. The van der Waals surface area contributed by atoms with Crippen LogP contribution in [0.15, 0.2) is 24.3 Å². The van der Waals surface area contributed by atoms with Crippen LogP contribution in [0.1, 0.15) is 24.2 Å². The van der Waals surface area contributed by atoms with Gasteiger partial charge in [-0.3, -0.25) is 4.90 Å². The van der Waals surface area contributed by atoms with E-state index in [0.29, 0.717) is 19.8 Å². The number of ether oxygens (including phenoxy) is 2. The summed E-state index contributed by atoms with van der Waals surface area (Å²) in [4.78, 5) is 18.2. The van der Waals surface area contributed by atoms with Crippen LogP contribution < -0.4 is 0 Å². The SMILES string of the molecule is CCOC(=O)C(c1c(C)[nH]c2ccccc12)N1CCOCC1. The van der Waals surface area contributed by atoms with Crippen molar-refractivity contribution in [1.29, 1.82) is 0 Å². The van der Waals surface area contributed by atoms with Gasteiger partial charge in [0.2, 0.25) is 0 Å². The zero-order chi connectivity index (χ0) is 15.5. The van der Waals surface area contributed by atoms with Crippen molar-refractivity contribution in [2.24, 2.45) is 0 Å². The number of aromatic nitrogens is 1. The van der Waals surface area contributed by atoms with E-state index in [2.05, 4.69) is 16.0 Å². The summed E-state index contributed by atoms with van der Waals surface area (Å²) in [6.07, 6.45) is 0. The summed E-state index contributed by atoms with van der Waals surface area (Å²) in [6.45, 7) is 7.03. The van der Waals surface area contributed by atoms with Gasteiger partial charge in [-0.15, -0.1) is 0 Å². The van der Waals surface area contributed by atoms with Gasteiger partial charge in [-0.25, -0.2) is 4.79 Å². The molecule has 0 bridgehead atoms. The number of H-pyrrole nitrogens is 1. The van der Waals surface area contributed by atoms with Crippen LogP contribution in [-0.2, 0) is 14.3 Å². The van der Waals surface area contributed by atoms with Crippen molar-refractivity contribution in [3.63, 3.8) is 0 Å². The number of fused-ring (bicyclic) bond motifs is 1. The maximum Gasteiger partial charge on any atom is 0.328 e. The quantitative estimate of drug-likeness (QED) is 0.881. The van der Waals surface area contributed by atoms with Gasteiger partial charge >= 0.3 is 5.97 Å². The third-order valence-corrected chi connectivity index (χ3v) is 4.14. The van der Waals surface area contributed by atoms with E-state index in [9.17, 15) is 4.79 Å². The highest BCUT2D eigenvalue weighted by molar-refractivity contribution is 5.91. The van der Waals surface area contributed by atoms with E-state index in [1.54, 1.807) is 0 Å². The van der Waals surface area contributed by atoms with E-state index >= 15 is 0 Å². The van der Waals surface area contributed by atoms with Crippen LogP contribution in [0.3, 0.4) is 0 Å². The average molecular weight is 302 g/mol. The third-order valence-electron chi connectivity index (χ3n) is 4.14. The van der Waals surface area contributed by atoms with Crippen molar-refractivity contribution < 1.29 is 14.3 Å².